The fraction of sp³-hybridized carbons (Fsp3) is 0.571. The number of hydrogen-bond acceptors (Lipinski definition) is 3. The van der Waals surface area contributed by atoms with E-state index in [4.69, 9.17) is 11.6 Å². The number of nitrogens with one attached hydrogen (secondary N) is 1. The van der Waals surface area contributed by atoms with E-state index < -0.39 is 0 Å². The van der Waals surface area contributed by atoms with Crippen LogP contribution in [0, 0.1) is 0 Å². The van der Waals surface area contributed by atoms with Gasteiger partial charge in [0.1, 0.15) is 0 Å². The molecular weight excluding hydrogens is 262 g/mol. The summed E-state index contributed by atoms with van der Waals surface area (Å²) < 4.78 is 0. The molecule has 0 saturated heterocycles. The second kappa shape index (κ2) is 5.88. The van der Waals surface area contributed by atoms with E-state index in [1.54, 1.807) is 12.3 Å². The fourth-order valence-electron chi connectivity index (χ4n) is 2.71. The Hall–Kier alpha value is -1.13. The van der Waals surface area contributed by atoms with Crippen molar-refractivity contribution in [2.45, 2.75) is 31.2 Å². The zero-order valence-corrected chi connectivity index (χ0v) is 12.2. The Balaban J connectivity index is 2.02. The summed E-state index contributed by atoms with van der Waals surface area (Å²) in [4.78, 5) is 18.3. The van der Waals surface area contributed by atoms with E-state index >= 15 is 0 Å². The van der Waals surface area contributed by atoms with Gasteiger partial charge < -0.3 is 10.2 Å². The summed E-state index contributed by atoms with van der Waals surface area (Å²) in [6.45, 7) is 0.664. The lowest BCUT2D eigenvalue weighted by atomic mass is 9.96. The SMILES string of the molecule is CN(C)C1(CNC(=O)c2ccncc2Cl)CCCC1. The Morgan fingerprint density at radius 3 is 2.74 bits per heavy atom. The molecule has 1 N–H and O–H groups in total. The molecule has 0 radical (unpaired) electrons. The Morgan fingerprint density at radius 2 is 2.16 bits per heavy atom. The van der Waals surface area contributed by atoms with Crippen LogP contribution >= 0.6 is 11.6 Å². The van der Waals surface area contributed by atoms with Crippen molar-refractivity contribution in [2.75, 3.05) is 20.6 Å². The molecular formula is C14H20ClN3O. The summed E-state index contributed by atoms with van der Waals surface area (Å²) in [6.07, 6.45) is 7.79. The van der Waals surface area contributed by atoms with Crippen LogP contribution in [-0.2, 0) is 0 Å². The largest absolute Gasteiger partial charge is 0.350 e. The lowest BCUT2D eigenvalue weighted by Crippen LogP contribution is -2.50. The molecule has 104 valence electrons. The molecule has 0 unspecified atom stereocenters. The highest BCUT2D eigenvalue weighted by molar-refractivity contribution is 6.33. The molecule has 2 rings (SSSR count). The molecule has 0 bridgehead atoms. The first kappa shape index (κ1) is 14.3. The minimum Gasteiger partial charge on any atom is -0.350 e. The molecule has 0 aromatic carbocycles. The van der Waals surface area contributed by atoms with Crippen molar-refractivity contribution in [1.82, 2.24) is 15.2 Å². The van der Waals surface area contributed by atoms with Crippen molar-refractivity contribution in [2.24, 2.45) is 0 Å². The molecule has 5 heteroatoms. The van der Waals surface area contributed by atoms with Crippen LogP contribution in [-0.4, -0.2) is 42.0 Å². The first-order valence-electron chi connectivity index (χ1n) is 6.60. The smallest absolute Gasteiger partial charge is 0.252 e. The van der Waals surface area contributed by atoms with Crippen LogP contribution < -0.4 is 5.32 Å². The molecule has 0 spiro atoms. The van der Waals surface area contributed by atoms with Gasteiger partial charge in [-0.25, -0.2) is 0 Å². The minimum atomic E-state index is -0.125. The van der Waals surface area contributed by atoms with Gasteiger partial charge in [0.25, 0.3) is 5.91 Å². The summed E-state index contributed by atoms with van der Waals surface area (Å²) in [6, 6.07) is 1.65. The van der Waals surface area contributed by atoms with Crippen LogP contribution in [0.25, 0.3) is 0 Å². The fourth-order valence-corrected chi connectivity index (χ4v) is 2.92. The number of amides is 1. The van der Waals surface area contributed by atoms with Crippen LogP contribution in [0.5, 0.6) is 0 Å². The van der Waals surface area contributed by atoms with E-state index in [2.05, 4.69) is 29.3 Å². The van der Waals surface area contributed by atoms with Crippen LogP contribution in [0.15, 0.2) is 18.5 Å². The van der Waals surface area contributed by atoms with Gasteiger partial charge in [-0.3, -0.25) is 9.78 Å². The van der Waals surface area contributed by atoms with Crippen molar-refractivity contribution in [1.29, 1.82) is 0 Å². The number of carbonyl (C=O) groups is 1. The van der Waals surface area contributed by atoms with Gasteiger partial charge in [0.2, 0.25) is 0 Å². The quantitative estimate of drug-likeness (QED) is 0.921. The number of aromatic nitrogens is 1. The number of carbonyl (C=O) groups excluding carboxylic acids is 1. The summed E-state index contributed by atoms with van der Waals surface area (Å²) in [5.74, 6) is -0.125. The van der Waals surface area contributed by atoms with Gasteiger partial charge in [-0.1, -0.05) is 24.4 Å². The van der Waals surface area contributed by atoms with Crippen molar-refractivity contribution in [3.63, 3.8) is 0 Å². The molecule has 0 atom stereocenters. The molecule has 19 heavy (non-hydrogen) atoms. The summed E-state index contributed by atoms with van der Waals surface area (Å²) in [5, 5.41) is 3.40. The normalized spacial score (nSPS) is 17.7. The molecule has 1 aromatic heterocycles. The molecule has 1 aromatic rings. The second-order valence-corrected chi connectivity index (χ2v) is 5.77. The predicted molar refractivity (Wildman–Crippen MR) is 76.5 cm³/mol. The van der Waals surface area contributed by atoms with Crippen LogP contribution in [0.1, 0.15) is 36.0 Å². The lowest BCUT2D eigenvalue weighted by molar-refractivity contribution is 0.0900. The number of pyridine rings is 1. The Bertz CT molecular complexity index is 456. The first-order valence-corrected chi connectivity index (χ1v) is 6.98. The van der Waals surface area contributed by atoms with E-state index in [0.29, 0.717) is 17.1 Å². The first-order chi connectivity index (χ1) is 9.05. The van der Waals surface area contributed by atoms with Crippen molar-refractivity contribution >= 4 is 17.5 Å². The standard InChI is InChI=1S/C14H20ClN3O/c1-18(2)14(6-3-4-7-14)10-17-13(19)11-5-8-16-9-12(11)15/h5,8-9H,3-4,6-7,10H2,1-2H3,(H,17,19). The average Bonchev–Trinajstić information content (AvgIpc) is 2.86. The molecule has 1 saturated carbocycles. The van der Waals surface area contributed by atoms with Gasteiger partial charge in [0.15, 0.2) is 0 Å². The zero-order valence-electron chi connectivity index (χ0n) is 11.4. The summed E-state index contributed by atoms with van der Waals surface area (Å²) in [5.41, 5.74) is 0.582. The van der Waals surface area contributed by atoms with Gasteiger partial charge in [0.05, 0.1) is 10.6 Å². The van der Waals surface area contributed by atoms with Crippen molar-refractivity contribution in [3.8, 4) is 0 Å². The summed E-state index contributed by atoms with van der Waals surface area (Å²) >= 11 is 5.98. The molecule has 1 amide bonds. The number of nitrogens with zero attached hydrogens (tertiary/aromatic N) is 2. The molecule has 1 fully saturated rings. The van der Waals surface area contributed by atoms with Crippen molar-refractivity contribution in [3.05, 3.63) is 29.0 Å². The maximum Gasteiger partial charge on any atom is 0.252 e. The van der Waals surface area contributed by atoms with Gasteiger partial charge in [-0.2, -0.15) is 0 Å². The maximum absolute atomic E-state index is 12.1. The third kappa shape index (κ3) is 3.07. The third-order valence-electron chi connectivity index (χ3n) is 4.08. The Morgan fingerprint density at radius 1 is 1.47 bits per heavy atom. The molecule has 1 heterocycles. The molecule has 1 aliphatic rings. The highest BCUT2D eigenvalue weighted by Gasteiger charge is 2.36. The van der Waals surface area contributed by atoms with E-state index in [9.17, 15) is 4.79 Å². The maximum atomic E-state index is 12.1. The van der Waals surface area contributed by atoms with Crippen LogP contribution in [0.3, 0.4) is 0 Å². The van der Waals surface area contributed by atoms with E-state index in [0.717, 1.165) is 12.8 Å². The molecule has 0 aliphatic heterocycles. The van der Waals surface area contributed by atoms with Gasteiger partial charge in [-0.15, -0.1) is 0 Å². The Labute approximate surface area is 119 Å². The molecule has 4 nitrogen and oxygen atoms in total. The molecule has 1 aliphatic carbocycles. The predicted octanol–water partition coefficient (Wildman–Crippen LogP) is 2.34. The van der Waals surface area contributed by atoms with Crippen LogP contribution in [0.2, 0.25) is 5.02 Å². The highest BCUT2D eigenvalue weighted by atomic mass is 35.5. The highest BCUT2D eigenvalue weighted by Crippen LogP contribution is 2.33. The van der Waals surface area contributed by atoms with Gasteiger partial charge in [-0.05, 0) is 33.0 Å². The number of hydrogen-bond donors (Lipinski definition) is 1. The summed E-state index contributed by atoms with van der Waals surface area (Å²) in [7, 11) is 4.16. The second-order valence-electron chi connectivity index (χ2n) is 5.36. The number of likely N-dealkylation sites (N-methyl/N-ethyl adjacent to an activating group) is 1. The topological polar surface area (TPSA) is 45.2 Å². The van der Waals surface area contributed by atoms with Crippen molar-refractivity contribution < 1.29 is 4.79 Å². The lowest BCUT2D eigenvalue weighted by Gasteiger charge is -2.36. The monoisotopic (exact) mass is 281 g/mol. The van der Waals surface area contributed by atoms with E-state index in [1.807, 2.05) is 0 Å². The third-order valence-corrected chi connectivity index (χ3v) is 4.38. The number of halogens is 1. The van der Waals surface area contributed by atoms with Crippen LogP contribution in [0.4, 0.5) is 0 Å². The minimum absolute atomic E-state index is 0.0924. The Kier molecular flexibility index (Phi) is 4.42. The van der Waals surface area contributed by atoms with Gasteiger partial charge >= 0.3 is 0 Å². The van der Waals surface area contributed by atoms with Gasteiger partial charge in [0, 0.05) is 24.5 Å². The zero-order chi connectivity index (χ0) is 13.9. The average molecular weight is 282 g/mol. The number of rotatable bonds is 4. The van der Waals surface area contributed by atoms with E-state index in [-0.39, 0.29) is 11.4 Å². The van der Waals surface area contributed by atoms with E-state index in [1.165, 1.54) is 19.0 Å².